The molecule has 0 radical (unpaired) electrons. The Balaban J connectivity index is 2.61. The van der Waals surface area contributed by atoms with Gasteiger partial charge in [0, 0.05) is 0 Å². The molecule has 4 nitrogen and oxygen atoms in total. The molecular formula is C4H7ClN4. The van der Waals surface area contributed by atoms with Crippen molar-refractivity contribution >= 4 is 11.6 Å². The maximum Gasteiger partial charge on any atom is 0.264 e. The predicted octanol–water partition coefficient (Wildman–Crippen LogP) is 0.736. The van der Waals surface area contributed by atoms with Gasteiger partial charge in [-0.05, 0) is 23.2 Å². The molecule has 0 unspecified atom stereocenters. The largest absolute Gasteiger partial charge is 0.264 e. The van der Waals surface area contributed by atoms with Crippen molar-refractivity contribution in [3.63, 3.8) is 0 Å². The van der Waals surface area contributed by atoms with Crippen LogP contribution in [-0.2, 0) is 6.54 Å². The fourth-order valence-electron chi connectivity index (χ4n) is 0.518. The molecule has 0 bridgehead atoms. The van der Waals surface area contributed by atoms with Gasteiger partial charge in [0.1, 0.15) is 0 Å². The lowest BCUT2D eigenvalue weighted by Crippen LogP contribution is -2.00. The molecule has 1 heterocycles. The maximum absolute atomic E-state index is 5.39. The summed E-state index contributed by atoms with van der Waals surface area (Å²) in [6.45, 7) is 2.82. The zero-order valence-corrected chi connectivity index (χ0v) is 5.84. The van der Waals surface area contributed by atoms with Crippen molar-refractivity contribution in [3.8, 4) is 0 Å². The van der Waals surface area contributed by atoms with Gasteiger partial charge < -0.3 is 0 Å². The van der Waals surface area contributed by atoms with E-state index in [4.69, 9.17) is 11.6 Å². The Kier molecular flexibility index (Phi) is 2.00. The normalized spacial score (nSPS) is 10.0. The van der Waals surface area contributed by atoms with Crippen LogP contribution in [0.15, 0.2) is 0 Å². The van der Waals surface area contributed by atoms with Crippen LogP contribution in [0.2, 0.25) is 5.28 Å². The molecular weight excluding hydrogens is 140 g/mol. The third-order valence-electron chi connectivity index (χ3n) is 0.852. The first kappa shape index (κ1) is 6.48. The number of hydrogen-bond donors (Lipinski definition) is 0. The summed E-state index contributed by atoms with van der Waals surface area (Å²) in [4.78, 5) is 1.47. The summed E-state index contributed by atoms with van der Waals surface area (Å²) in [5.41, 5.74) is 0. The summed E-state index contributed by atoms with van der Waals surface area (Å²) >= 11 is 5.39. The third-order valence-corrected chi connectivity index (χ3v) is 1.00. The Morgan fingerprint density at radius 2 is 2.44 bits per heavy atom. The van der Waals surface area contributed by atoms with E-state index in [-0.39, 0.29) is 5.28 Å². The van der Waals surface area contributed by atoms with Crippen molar-refractivity contribution in [1.82, 2.24) is 20.2 Å². The zero-order chi connectivity index (χ0) is 6.69. The van der Waals surface area contributed by atoms with E-state index < -0.39 is 0 Å². The van der Waals surface area contributed by atoms with E-state index in [1.54, 1.807) is 0 Å². The van der Waals surface area contributed by atoms with Crippen LogP contribution in [0.5, 0.6) is 0 Å². The summed E-state index contributed by atoms with van der Waals surface area (Å²) in [6, 6.07) is 0. The highest BCUT2D eigenvalue weighted by Gasteiger charge is 1.94. The second kappa shape index (κ2) is 2.77. The number of aryl methyl sites for hydroxylation is 1. The molecule has 0 aromatic carbocycles. The predicted molar refractivity (Wildman–Crippen MR) is 33.1 cm³/mol. The fraction of sp³-hybridized carbons (Fsp3) is 0.750. The van der Waals surface area contributed by atoms with Gasteiger partial charge in [-0.3, -0.25) is 0 Å². The molecule has 9 heavy (non-hydrogen) atoms. The quantitative estimate of drug-likeness (QED) is 0.618. The van der Waals surface area contributed by atoms with E-state index >= 15 is 0 Å². The topological polar surface area (TPSA) is 43.6 Å². The third kappa shape index (κ3) is 1.64. The minimum absolute atomic E-state index is 0.212. The Morgan fingerprint density at radius 1 is 1.67 bits per heavy atom. The van der Waals surface area contributed by atoms with Gasteiger partial charge in [-0.15, -0.1) is 5.10 Å². The molecule has 0 amide bonds. The molecule has 1 rings (SSSR count). The Hall–Kier alpha value is -0.640. The lowest BCUT2D eigenvalue weighted by molar-refractivity contribution is 0.514. The molecule has 1 aromatic rings. The van der Waals surface area contributed by atoms with Crippen LogP contribution in [-0.4, -0.2) is 20.2 Å². The summed E-state index contributed by atoms with van der Waals surface area (Å²) in [7, 11) is 0. The first-order chi connectivity index (χ1) is 4.33. The van der Waals surface area contributed by atoms with Crippen molar-refractivity contribution in [3.05, 3.63) is 5.28 Å². The second-order valence-electron chi connectivity index (χ2n) is 1.65. The van der Waals surface area contributed by atoms with Crippen LogP contribution in [0.4, 0.5) is 0 Å². The zero-order valence-electron chi connectivity index (χ0n) is 5.08. The molecule has 0 atom stereocenters. The minimum atomic E-state index is 0.212. The van der Waals surface area contributed by atoms with Gasteiger partial charge in [-0.25, -0.2) is 0 Å². The van der Waals surface area contributed by atoms with Crippen molar-refractivity contribution in [2.24, 2.45) is 0 Å². The average Bonchev–Trinajstić information content (AvgIpc) is 2.17. The molecule has 5 heteroatoms. The van der Waals surface area contributed by atoms with Crippen LogP contribution in [0.25, 0.3) is 0 Å². The Labute approximate surface area is 57.8 Å². The molecule has 0 spiro atoms. The number of nitrogens with zero attached hydrogens (tertiary/aromatic N) is 4. The van der Waals surface area contributed by atoms with Crippen LogP contribution in [0, 0.1) is 0 Å². The van der Waals surface area contributed by atoms with Gasteiger partial charge in [0.2, 0.25) is 0 Å². The molecule has 0 aliphatic heterocycles. The monoisotopic (exact) mass is 146 g/mol. The van der Waals surface area contributed by atoms with Gasteiger partial charge >= 0.3 is 0 Å². The Morgan fingerprint density at radius 3 is 2.89 bits per heavy atom. The molecule has 0 aliphatic rings. The van der Waals surface area contributed by atoms with Crippen molar-refractivity contribution in [2.45, 2.75) is 19.9 Å². The highest BCUT2D eigenvalue weighted by molar-refractivity contribution is 6.28. The molecule has 0 saturated heterocycles. The highest BCUT2D eigenvalue weighted by Crippen LogP contribution is 1.93. The lowest BCUT2D eigenvalue weighted by atomic mass is 10.5. The van der Waals surface area contributed by atoms with Crippen molar-refractivity contribution in [2.75, 3.05) is 0 Å². The Bertz CT molecular complexity index is 184. The second-order valence-corrected chi connectivity index (χ2v) is 1.99. The van der Waals surface area contributed by atoms with E-state index in [0.29, 0.717) is 0 Å². The number of halogens is 1. The van der Waals surface area contributed by atoms with Gasteiger partial charge in [0.25, 0.3) is 5.28 Å². The van der Waals surface area contributed by atoms with Gasteiger partial charge in [-0.1, -0.05) is 12.0 Å². The van der Waals surface area contributed by atoms with Crippen molar-refractivity contribution < 1.29 is 0 Å². The molecule has 0 saturated carbocycles. The molecule has 50 valence electrons. The van der Waals surface area contributed by atoms with E-state index in [1.807, 2.05) is 6.92 Å². The van der Waals surface area contributed by atoms with E-state index in [1.165, 1.54) is 4.80 Å². The van der Waals surface area contributed by atoms with Gasteiger partial charge in [-0.2, -0.15) is 4.80 Å². The van der Waals surface area contributed by atoms with Crippen LogP contribution >= 0.6 is 11.6 Å². The van der Waals surface area contributed by atoms with E-state index in [0.717, 1.165) is 13.0 Å². The summed E-state index contributed by atoms with van der Waals surface area (Å²) in [5.74, 6) is 0. The number of tetrazole rings is 1. The van der Waals surface area contributed by atoms with Crippen LogP contribution in [0.3, 0.4) is 0 Å². The molecule has 1 aromatic heterocycles. The maximum atomic E-state index is 5.39. The van der Waals surface area contributed by atoms with E-state index in [9.17, 15) is 0 Å². The number of rotatable bonds is 2. The minimum Gasteiger partial charge on any atom is -0.163 e. The lowest BCUT2D eigenvalue weighted by Gasteiger charge is -1.88. The average molecular weight is 147 g/mol. The van der Waals surface area contributed by atoms with Gasteiger partial charge in [0.15, 0.2) is 0 Å². The molecule has 0 fully saturated rings. The van der Waals surface area contributed by atoms with Crippen LogP contribution in [0.1, 0.15) is 13.3 Å². The molecule has 0 aliphatic carbocycles. The van der Waals surface area contributed by atoms with Crippen LogP contribution < -0.4 is 0 Å². The summed E-state index contributed by atoms with van der Waals surface area (Å²) < 4.78 is 0. The number of hydrogen-bond acceptors (Lipinski definition) is 3. The summed E-state index contributed by atoms with van der Waals surface area (Å²) in [5, 5.41) is 11.1. The SMILES string of the molecule is CCCn1nnc(Cl)n1. The number of aromatic nitrogens is 4. The smallest absolute Gasteiger partial charge is 0.163 e. The summed E-state index contributed by atoms with van der Waals surface area (Å²) in [6.07, 6.45) is 0.993. The molecule has 0 N–H and O–H groups in total. The highest BCUT2D eigenvalue weighted by atomic mass is 35.5. The standard InChI is InChI=1S/C4H7ClN4/c1-2-3-9-7-4(5)6-8-9/h2-3H2,1H3. The van der Waals surface area contributed by atoms with E-state index in [2.05, 4.69) is 15.4 Å². The van der Waals surface area contributed by atoms with Crippen molar-refractivity contribution in [1.29, 1.82) is 0 Å². The first-order valence-electron chi connectivity index (χ1n) is 2.76. The first-order valence-corrected chi connectivity index (χ1v) is 3.14. The fourth-order valence-corrected chi connectivity index (χ4v) is 0.640. The van der Waals surface area contributed by atoms with Gasteiger partial charge in [0.05, 0.1) is 6.54 Å².